The van der Waals surface area contributed by atoms with E-state index in [2.05, 4.69) is 11.4 Å². The minimum Gasteiger partial charge on any atom is -0.381 e. The number of anilines is 1. The fraction of sp³-hybridized carbons (Fsp3) is 0.357. The lowest BCUT2D eigenvalue weighted by Crippen LogP contribution is -2.40. The van der Waals surface area contributed by atoms with Crippen molar-refractivity contribution in [3.63, 3.8) is 0 Å². The highest BCUT2D eigenvalue weighted by Gasteiger charge is 2.40. The lowest BCUT2D eigenvalue weighted by molar-refractivity contribution is -0.126. The molecule has 0 saturated carbocycles. The van der Waals surface area contributed by atoms with Crippen LogP contribution in [-0.2, 0) is 9.53 Å². The van der Waals surface area contributed by atoms with Crippen molar-refractivity contribution in [2.45, 2.75) is 12.8 Å². The molecule has 0 spiro atoms. The number of carbonyl (C=O) groups is 1. The molecule has 1 fully saturated rings. The average molecular weight is 290 g/mol. The standard InChI is InChI=1S/C14H12ClN3O2/c15-11-2-1-10(8-16)12(7-11)18-13(19)14(9-17)3-5-20-6-4-14/h1-2,7H,3-6H2,(H,18,19). The number of hydrogen-bond acceptors (Lipinski definition) is 4. The number of nitrogens with zero attached hydrogens (tertiary/aromatic N) is 2. The molecule has 1 aromatic carbocycles. The van der Waals surface area contributed by atoms with Crippen molar-refractivity contribution in [2.75, 3.05) is 18.5 Å². The lowest BCUT2D eigenvalue weighted by Gasteiger charge is -2.29. The third-order valence-electron chi connectivity index (χ3n) is 3.35. The SMILES string of the molecule is N#Cc1ccc(Cl)cc1NC(=O)C1(C#N)CCOCC1. The quantitative estimate of drug-likeness (QED) is 0.906. The molecule has 1 amide bonds. The Morgan fingerprint density at radius 3 is 2.65 bits per heavy atom. The largest absolute Gasteiger partial charge is 0.381 e. The molecule has 1 aromatic rings. The van der Waals surface area contributed by atoms with Crippen LogP contribution in [0.15, 0.2) is 18.2 Å². The van der Waals surface area contributed by atoms with Gasteiger partial charge in [0.15, 0.2) is 0 Å². The molecule has 1 saturated heterocycles. The normalized spacial score (nSPS) is 16.8. The Morgan fingerprint density at radius 2 is 2.05 bits per heavy atom. The molecule has 0 radical (unpaired) electrons. The van der Waals surface area contributed by atoms with Crippen LogP contribution in [-0.4, -0.2) is 19.1 Å². The second kappa shape index (κ2) is 5.92. The van der Waals surface area contributed by atoms with Crippen LogP contribution in [0.25, 0.3) is 0 Å². The molecule has 0 bridgehead atoms. The zero-order chi connectivity index (χ0) is 14.6. The molecule has 6 heteroatoms. The van der Waals surface area contributed by atoms with E-state index >= 15 is 0 Å². The number of halogens is 1. The van der Waals surface area contributed by atoms with Crippen molar-refractivity contribution >= 4 is 23.2 Å². The molecule has 1 N–H and O–H groups in total. The van der Waals surface area contributed by atoms with Gasteiger partial charge in [-0.2, -0.15) is 10.5 Å². The maximum Gasteiger partial charge on any atom is 0.245 e. The Balaban J connectivity index is 2.26. The fourth-order valence-electron chi connectivity index (χ4n) is 2.07. The first-order chi connectivity index (χ1) is 9.61. The maximum atomic E-state index is 12.4. The van der Waals surface area contributed by atoms with Gasteiger partial charge in [-0.05, 0) is 31.0 Å². The van der Waals surface area contributed by atoms with Crippen LogP contribution in [0.1, 0.15) is 18.4 Å². The number of nitrogens with one attached hydrogen (secondary N) is 1. The Kier molecular flexibility index (Phi) is 4.24. The van der Waals surface area contributed by atoms with Crippen molar-refractivity contribution in [3.05, 3.63) is 28.8 Å². The van der Waals surface area contributed by atoms with Crippen LogP contribution in [0.4, 0.5) is 5.69 Å². The number of amides is 1. The zero-order valence-corrected chi connectivity index (χ0v) is 11.4. The molecule has 1 aliphatic rings. The number of benzene rings is 1. The number of nitriles is 2. The van der Waals surface area contributed by atoms with Gasteiger partial charge in [-0.1, -0.05) is 11.6 Å². The van der Waals surface area contributed by atoms with Crippen molar-refractivity contribution in [2.24, 2.45) is 5.41 Å². The minimum atomic E-state index is -1.10. The number of carbonyl (C=O) groups excluding carboxylic acids is 1. The summed E-state index contributed by atoms with van der Waals surface area (Å²) in [5, 5.41) is 21.4. The molecular formula is C14H12ClN3O2. The van der Waals surface area contributed by atoms with E-state index in [4.69, 9.17) is 21.6 Å². The van der Waals surface area contributed by atoms with Gasteiger partial charge in [-0.15, -0.1) is 0 Å². The summed E-state index contributed by atoms with van der Waals surface area (Å²) in [7, 11) is 0. The van der Waals surface area contributed by atoms with Gasteiger partial charge >= 0.3 is 0 Å². The fourth-order valence-corrected chi connectivity index (χ4v) is 2.24. The Bertz CT molecular complexity index is 610. The molecule has 5 nitrogen and oxygen atoms in total. The van der Waals surface area contributed by atoms with Gasteiger partial charge in [0.1, 0.15) is 11.5 Å². The second-order valence-electron chi connectivity index (χ2n) is 4.56. The number of ether oxygens (including phenoxy) is 1. The summed E-state index contributed by atoms with van der Waals surface area (Å²) in [5.74, 6) is -0.415. The Morgan fingerprint density at radius 1 is 1.35 bits per heavy atom. The Labute approximate surface area is 121 Å². The van der Waals surface area contributed by atoms with Crippen LogP contribution in [0.5, 0.6) is 0 Å². The van der Waals surface area contributed by atoms with Gasteiger partial charge in [-0.3, -0.25) is 4.79 Å². The molecule has 0 atom stereocenters. The van der Waals surface area contributed by atoms with E-state index in [0.717, 1.165) is 0 Å². The third kappa shape index (κ3) is 2.75. The summed E-state index contributed by atoms with van der Waals surface area (Å²) in [6.07, 6.45) is 0.690. The minimum absolute atomic E-state index is 0.308. The highest BCUT2D eigenvalue weighted by molar-refractivity contribution is 6.31. The van der Waals surface area contributed by atoms with Gasteiger partial charge in [0.2, 0.25) is 5.91 Å². The van der Waals surface area contributed by atoms with E-state index in [-0.39, 0.29) is 0 Å². The first kappa shape index (κ1) is 14.3. The van der Waals surface area contributed by atoms with Gasteiger partial charge < -0.3 is 10.1 Å². The zero-order valence-electron chi connectivity index (χ0n) is 10.6. The summed E-state index contributed by atoms with van der Waals surface area (Å²) < 4.78 is 5.19. The van der Waals surface area contributed by atoms with Gasteiger partial charge in [0, 0.05) is 18.2 Å². The van der Waals surface area contributed by atoms with E-state index in [0.29, 0.717) is 42.3 Å². The predicted octanol–water partition coefficient (Wildman–Crippen LogP) is 2.47. The topological polar surface area (TPSA) is 85.9 Å². The van der Waals surface area contributed by atoms with Crippen molar-refractivity contribution in [1.29, 1.82) is 10.5 Å². The third-order valence-corrected chi connectivity index (χ3v) is 3.58. The number of rotatable bonds is 2. The van der Waals surface area contributed by atoms with E-state index in [1.54, 1.807) is 6.07 Å². The molecule has 0 aromatic heterocycles. The summed E-state index contributed by atoms with van der Waals surface area (Å²) >= 11 is 5.87. The van der Waals surface area contributed by atoms with Crippen molar-refractivity contribution < 1.29 is 9.53 Å². The molecule has 1 aliphatic heterocycles. The van der Waals surface area contributed by atoms with E-state index in [9.17, 15) is 10.1 Å². The van der Waals surface area contributed by atoms with E-state index in [1.165, 1.54) is 12.1 Å². The van der Waals surface area contributed by atoms with Crippen molar-refractivity contribution in [3.8, 4) is 12.1 Å². The van der Waals surface area contributed by atoms with E-state index in [1.807, 2.05) is 6.07 Å². The van der Waals surface area contributed by atoms with Gasteiger partial charge in [-0.25, -0.2) is 0 Å². The summed E-state index contributed by atoms with van der Waals surface area (Å²) in [6, 6.07) is 8.67. The molecule has 1 heterocycles. The Hall–Kier alpha value is -2.08. The summed E-state index contributed by atoms with van der Waals surface area (Å²) in [4.78, 5) is 12.4. The number of hydrogen-bond donors (Lipinski definition) is 1. The van der Waals surface area contributed by atoms with Gasteiger partial charge in [0.05, 0.1) is 17.3 Å². The van der Waals surface area contributed by atoms with E-state index < -0.39 is 11.3 Å². The molecule has 0 unspecified atom stereocenters. The molecule has 2 rings (SSSR count). The summed E-state index contributed by atoms with van der Waals surface area (Å²) in [6.45, 7) is 0.753. The van der Waals surface area contributed by atoms with Crippen LogP contribution < -0.4 is 5.32 Å². The highest BCUT2D eigenvalue weighted by Crippen LogP contribution is 2.32. The van der Waals surface area contributed by atoms with Crippen LogP contribution in [0.2, 0.25) is 5.02 Å². The summed E-state index contributed by atoms with van der Waals surface area (Å²) in [5.41, 5.74) is -0.471. The molecule has 102 valence electrons. The lowest BCUT2D eigenvalue weighted by atomic mass is 9.81. The highest BCUT2D eigenvalue weighted by atomic mass is 35.5. The maximum absolute atomic E-state index is 12.4. The molecular weight excluding hydrogens is 278 g/mol. The predicted molar refractivity (Wildman–Crippen MR) is 72.9 cm³/mol. The van der Waals surface area contributed by atoms with Crippen LogP contribution >= 0.6 is 11.6 Å². The first-order valence-electron chi connectivity index (χ1n) is 6.11. The average Bonchev–Trinajstić information content (AvgIpc) is 2.48. The molecule has 0 aliphatic carbocycles. The van der Waals surface area contributed by atoms with Crippen molar-refractivity contribution in [1.82, 2.24) is 0 Å². The monoisotopic (exact) mass is 289 g/mol. The second-order valence-corrected chi connectivity index (χ2v) is 5.00. The first-order valence-corrected chi connectivity index (χ1v) is 6.49. The van der Waals surface area contributed by atoms with Crippen LogP contribution in [0.3, 0.4) is 0 Å². The molecule has 20 heavy (non-hydrogen) atoms. The van der Waals surface area contributed by atoms with Gasteiger partial charge in [0.25, 0.3) is 0 Å². The smallest absolute Gasteiger partial charge is 0.245 e. The van der Waals surface area contributed by atoms with Crippen LogP contribution in [0, 0.1) is 28.1 Å².